The van der Waals surface area contributed by atoms with Crippen LogP contribution in [0, 0.1) is 17.5 Å². The highest BCUT2D eigenvalue weighted by Crippen LogP contribution is 2.28. The maximum atomic E-state index is 13.7. The van der Waals surface area contributed by atoms with Gasteiger partial charge in [0.1, 0.15) is 17.5 Å². The van der Waals surface area contributed by atoms with Crippen molar-refractivity contribution in [1.29, 1.82) is 0 Å². The van der Waals surface area contributed by atoms with Gasteiger partial charge in [0.2, 0.25) is 0 Å². The van der Waals surface area contributed by atoms with Crippen molar-refractivity contribution in [2.24, 2.45) is 0 Å². The maximum absolute atomic E-state index is 13.7. The SMILES string of the molecule is CNC(Cc1ccc(F)cc1F)c1cccc(F)c1Cl. The van der Waals surface area contributed by atoms with E-state index in [1.54, 1.807) is 19.2 Å². The van der Waals surface area contributed by atoms with Gasteiger partial charge in [-0.05, 0) is 36.7 Å². The van der Waals surface area contributed by atoms with Crippen molar-refractivity contribution in [3.8, 4) is 0 Å². The molecule has 0 aromatic heterocycles. The molecule has 5 heteroatoms. The van der Waals surface area contributed by atoms with Gasteiger partial charge in [-0.2, -0.15) is 0 Å². The Bertz CT molecular complexity index is 616. The first-order valence-corrected chi connectivity index (χ1v) is 6.46. The zero-order valence-electron chi connectivity index (χ0n) is 10.8. The lowest BCUT2D eigenvalue weighted by atomic mass is 9.98. The zero-order chi connectivity index (χ0) is 14.7. The van der Waals surface area contributed by atoms with Crippen molar-refractivity contribution >= 4 is 11.6 Å². The first-order valence-electron chi connectivity index (χ1n) is 6.08. The molecule has 2 aromatic carbocycles. The number of benzene rings is 2. The summed E-state index contributed by atoms with van der Waals surface area (Å²) in [4.78, 5) is 0. The highest BCUT2D eigenvalue weighted by Gasteiger charge is 2.17. The minimum Gasteiger partial charge on any atom is -0.313 e. The molecule has 0 saturated heterocycles. The topological polar surface area (TPSA) is 12.0 Å². The second kappa shape index (κ2) is 6.29. The van der Waals surface area contributed by atoms with Crippen molar-refractivity contribution in [2.45, 2.75) is 12.5 Å². The molecule has 20 heavy (non-hydrogen) atoms. The van der Waals surface area contributed by atoms with Gasteiger partial charge in [0.15, 0.2) is 0 Å². The first-order chi connectivity index (χ1) is 9.52. The van der Waals surface area contributed by atoms with E-state index in [-0.39, 0.29) is 17.5 Å². The fourth-order valence-corrected chi connectivity index (χ4v) is 2.32. The first kappa shape index (κ1) is 14.9. The molecule has 106 valence electrons. The molecule has 1 atom stereocenters. The summed E-state index contributed by atoms with van der Waals surface area (Å²) in [7, 11) is 1.67. The minimum atomic E-state index is -0.629. The molecular formula is C15H13ClF3N. The summed E-state index contributed by atoms with van der Waals surface area (Å²) in [5.74, 6) is -1.78. The van der Waals surface area contributed by atoms with E-state index in [1.165, 1.54) is 18.2 Å². The molecule has 0 fully saturated rings. The maximum Gasteiger partial charge on any atom is 0.142 e. The van der Waals surface area contributed by atoms with E-state index in [0.29, 0.717) is 11.1 Å². The molecular weight excluding hydrogens is 287 g/mol. The van der Waals surface area contributed by atoms with E-state index in [4.69, 9.17) is 11.6 Å². The third-order valence-electron chi connectivity index (χ3n) is 3.14. The molecule has 0 aliphatic carbocycles. The fraction of sp³-hybridized carbons (Fsp3) is 0.200. The predicted octanol–water partition coefficient (Wildman–Crippen LogP) is 4.26. The van der Waals surface area contributed by atoms with E-state index in [0.717, 1.165) is 6.07 Å². The second-order valence-corrected chi connectivity index (χ2v) is 4.80. The van der Waals surface area contributed by atoms with Crippen LogP contribution in [0.2, 0.25) is 5.02 Å². The lowest BCUT2D eigenvalue weighted by Gasteiger charge is -2.18. The molecule has 0 radical (unpaired) electrons. The Morgan fingerprint density at radius 2 is 1.85 bits per heavy atom. The van der Waals surface area contributed by atoms with E-state index < -0.39 is 17.5 Å². The number of likely N-dealkylation sites (N-methyl/N-ethyl adjacent to an activating group) is 1. The van der Waals surface area contributed by atoms with Crippen LogP contribution in [-0.2, 0) is 6.42 Å². The quantitative estimate of drug-likeness (QED) is 0.889. The Morgan fingerprint density at radius 3 is 2.50 bits per heavy atom. The van der Waals surface area contributed by atoms with Crippen LogP contribution in [0.15, 0.2) is 36.4 Å². The minimum absolute atomic E-state index is 0.00868. The van der Waals surface area contributed by atoms with Gasteiger partial charge in [0, 0.05) is 12.1 Å². The number of nitrogens with one attached hydrogen (secondary N) is 1. The smallest absolute Gasteiger partial charge is 0.142 e. The lowest BCUT2D eigenvalue weighted by molar-refractivity contribution is 0.538. The fourth-order valence-electron chi connectivity index (χ4n) is 2.06. The largest absolute Gasteiger partial charge is 0.313 e. The molecule has 0 saturated carbocycles. The van der Waals surface area contributed by atoms with Crippen molar-refractivity contribution in [3.05, 3.63) is 70.0 Å². The predicted molar refractivity (Wildman–Crippen MR) is 73.3 cm³/mol. The summed E-state index contributed by atoms with van der Waals surface area (Å²) < 4.78 is 40.0. The van der Waals surface area contributed by atoms with Crippen LogP contribution in [0.5, 0.6) is 0 Å². The van der Waals surface area contributed by atoms with Crippen LogP contribution in [0.1, 0.15) is 17.2 Å². The van der Waals surface area contributed by atoms with Crippen molar-refractivity contribution in [3.63, 3.8) is 0 Å². The van der Waals surface area contributed by atoms with Gasteiger partial charge < -0.3 is 5.32 Å². The average Bonchev–Trinajstić information content (AvgIpc) is 2.42. The van der Waals surface area contributed by atoms with Crippen molar-refractivity contribution < 1.29 is 13.2 Å². The molecule has 1 nitrogen and oxygen atoms in total. The Labute approximate surface area is 120 Å². The van der Waals surface area contributed by atoms with Gasteiger partial charge in [-0.1, -0.05) is 29.8 Å². The monoisotopic (exact) mass is 299 g/mol. The van der Waals surface area contributed by atoms with Gasteiger partial charge >= 0.3 is 0 Å². The molecule has 2 rings (SSSR count). The molecule has 0 bridgehead atoms. The van der Waals surface area contributed by atoms with E-state index >= 15 is 0 Å². The summed E-state index contributed by atoms with van der Waals surface area (Å²) in [5, 5.41) is 2.97. The molecule has 0 heterocycles. The summed E-state index contributed by atoms with van der Waals surface area (Å²) in [5.41, 5.74) is 0.879. The highest BCUT2D eigenvalue weighted by atomic mass is 35.5. The van der Waals surface area contributed by atoms with Gasteiger partial charge in [0.25, 0.3) is 0 Å². The molecule has 1 unspecified atom stereocenters. The van der Waals surface area contributed by atoms with Crippen LogP contribution >= 0.6 is 11.6 Å². The Kier molecular flexibility index (Phi) is 4.68. The summed E-state index contributed by atoms with van der Waals surface area (Å²) >= 11 is 5.93. The number of hydrogen-bond donors (Lipinski definition) is 1. The molecule has 0 aliphatic rings. The van der Waals surface area contributed by atoms with Crippen LogP contribution in [-0.4, -0.2) is 7.05 Å². The Hall–Kier alpha value is -1.52. The molecule has 1 N–H and O–H groups in total. The second-order valence-electron chi connectivity index (χ2n) is 4.42. The van der Waals surface area contributed by atoms with Gasteiger partial charge in [0.05, 0.1) is 5.02 Å². The standard InChI is InChI=1S/C15H13ClF3N/c1-20-14(11-3-2-4-12(18)15(11)16)7-9-5-6-10(17)8-13(9)19/h2-6,8,14,20H,7H2,1H3. The highest BCUT2D eigenvalue weighted by molar-refractivity contribution is 6.31. The van der Waals surface area contributed by atoms with Gasteiger partial charge in [-0.3, -0.25) is 0 Å². The summed E-state index contributed by atoms with van der Waals surface area (Å²) in [6.45, 7) is 0. The number of rotatable bonds is 4. The lowest BCUT2D eigenvalue weighted by Crippen LogP contribution is -2.20. The third-order valence-corrected chi connectivity index (χ3v) is 3.54. The van der Waals surface area contributed by atoms with Crippen molar-refractivity contribution in [1.82, 2.24) is 5.32 Å². The van der Waals surface area contributed by atoms with Crippen LogP contribution < -0.4 is 5.32 Å². The Morgan fingerprint density at radius 1 is 1.10 bits per heavy atom. The van der Waals surface area contributed by atoms with Crippen LogP contribution in [0.25, 0.3) is 0 Å². The summed E-state index contributed by atoms with van der Waals surface area (Å²) in [6, 6.07) is 7.51. The van der Waals surface area contributed by atoms with E-state index in [2.05, 4.69) is 5.32 Å². The van der Waals surface area contributed by atoms with E-state index in [9.17, 15) is 13.2 Å². The average molecular weight is 300 g/mol. The van der Waals surface area contributed by atoms with Gasteiger partial charge in [-0.25, -0.2) is 13.2 Å². The van der Waals surface area contributed by atoms with Crippen LogP contribution in [0.4, 0.5) is 13.2 Å². The normalized spacial score (nSPS) is 12.4. The molecule has 0 aliphatic heterocycles. The molecule has 0 amide bonds. The van der Waals surface area contributed by atoms with Crippen molar-refractivity contribution in [2.75, 3.05) is 7.05 Å². The Balaban J connectivity index is 2.31. The third kappa shape index (κ3) is 3.14. The summed E-state index contributed by atoms with van der Waals surface area (Å²) in [6.07, 6.45) is 0.242. The number of halogens is 4. The molecule has 2 aromatic rings. The number of hydrogen-bond acceptors (Lipinski definition) is 1. The molecule has 0 spiro atoms. The zero-order valence-corrected chi connectivity index (χ0v) is 11.5. The van der Waals surface area contributed by atoms with E-state index in [1.807, 2.05) is 0 Å². The van der Waals surface area contributed by atoms with Crippen LogP contribution in [0.3, 0.4) is 0 Å². The van der Waals surface area contributed by atoms with Gasteiger partial charge in [-0.15, -0.1) is 0 Å².